The van der Waals surface area contributed by atoms with Crippen LogP contribution in [0.1, 0.15) is 22.3 Å². The van der Waals surface area contributed by atoms with Crippen LogP contribution in [0.5, 0.6) is 0 Å². The lowest BCUT2D eigenvalue weighted by Crippen LogP contribution is -2.28. The van der Waals surface area contributed by atoms with E-state index in [1.165, 1.54) is 27.8 Å². The predicted molar refractivity (Wildman–Crippen MR) is 300 cm³/mol. The lowest BCUT2D eigenvalue weighted by atomic mass is 9.67. The molecule has 3 aromatic heterocycles. The number of benzene rings is 10. The summed E-state index contributed by atoms with van der Waals surface area (Å²) in [4.78, 5) is 25.7. The molecule has 0 aliphatic heterocycles. The van der Waals surface area contributed by atoms with Crippen molar-refractivity contribution in [2.75, 3.05) is 0 Å². The Morgan fingerprint density at radius 1 is 0.324 bits per heavy atom. The van der Waals surface area contributed by atoms with Gasteiger partial charge in [0.1, 0.15) is 5.69 Å². The van der Waals surface area contributed by atoms with E-state index < -0.39 is 5.41 Å². The maximum absolute atomic E-state index is 5.47. The zero-order valence-corrected chi connectivity index (χ0v) is 40.1. The summed E-state index contributed by atoms with van der Waals surface area (Å²) in [5, 5.41) is 2.18. The van der Waals surface area contributed by atoms with Gasteiger partial charge in [0.05, 0.1) is 16.4 Å². The van der Waals surface area contributed by atoms with Gasteiger partial charge < -0.3 is 0 Å². The molecule has 1 aliphatic rings. The van der Waals surface area contributed by atoms with E-state index in [0.29, 0.717) is 17.5 Å². The second-order valence-corrected chi connectivity index (χ2v) is 18.7. The normalized spacial score (nSPS) is 12.4. The fraction of sp³-hybridized carbons (Fsp3) is 0.0147. The highest BCUT2D eigenvalue weighted by atomic mass is 15.1. The van der Waals surface area contributed by atoms with E-state index in [2.05, 4.69) is 222 Å². The van der Waals surface area contributed by atoms with Gasteiger partial charge in [-0.25, -0.2) is 19.9 Å². The molecule has 0 spiro atoms. The van der Waals surface area contributed by atoms with Crippen molar-refractivity contribution in [1.29, 1.82) is 0 Å². The summed E-state index contributed by atoms with van der Waals surface area (Å²) in [5.41, 5.74) is 17.8. The fourth-order valence-electron chi connectivity index (χ4n) is 11.4. The minimum Gasteiger partial charge on any atom is -0.291 e. The van der Waals surface area contributed by atoms with E-state index in [1.807, 2.05) is 54.7 Å². The zero-order chi connectivity index (χ0) is 49.0. The van der Waals surface area contributed by atoms with E-state index in [0.717, 1.165) is 83.5 Å². The Kier molecular flexibility index (Phi) is 10.3. The lowest BCUT2D eigenvalue weighted by molar-refractivity contribution is 0.768. The number of rotatable bonds is 9. The molecular weight excluding hydrogens is 901 g/mol. The molecule has 0 bridgehead atoms. The van der Waals surface area contributed by atoms with Crippen LogP contribution in [-0.4, -0.2) is 29.5 Å². The average Bonchev–Trinajstić information content (AvgIpc) is 4.04. The maximum atomic E-state index is 5.47. The standard InChI is InChI=1S/C68H44N6/c1-4-19-48(20-5-1)64-71-65(73-66(72-64)57-28-18-30-59-63(57)56-27-12-13-29-58(56)68(59,49-21-6-2-7-22-49)50-23-8-3-9-24-50)55-43-42-52(53-25-10-11-26-54(53)55)47-36-34-45(35-37-47)46-38-40-51(41-39-46)74-62-33-15-14-31-60(62)70-67(74)61-32-16-17-44-69-61/h1-44H. The van der Waals surface area contributed by atoms with Crippen LogP contribution in [0.2, 0.25) is 0 Å². The van der Waals surface area contributed by atoms with E-state index in [9.17, 15) is 0 Å². The number of hydrogen-bond acceptors (Lipinski definition) is 5. The highest BCUT2D eigenvalue weighted by Crippen LogP contribution is 2.58. The van der Waals surface area contributed by atoms with Gasteiger partial charge in [-0.3, -0.25) is 9.55 Å². The molecule has 10 aromatic carbocycles. The quantitative estimate of drug-likeness (QED) is 0.144. The van der Waals surface area contributed by atoms with Gasteiger partial charge in [-0.05, 0) is 109 Å². The number of pyridine rings is 1. The molecule has 0 saturated carbocycles. The molecule has 0 fully saturated rings. The second kappa shape index (κ2) is 17.7. The van der Waals surface area contributed by atoms with Gasteiger partial charge in [-0.15, -0.1) is 0 Å². The highest BCUT2D eigenvalue weighted by molar-refractivity contribution is 6.04. The highest BCUT2D eigenvalue weighted by Gasteiger charge is 2.47. The number of para-hydroxylation sites is 2. The number of hydrogen-bond donors (Lipinski definition) is 0. The van der Waals surface area contributed by atoms with Gasteiger partial charge in [-0.1, -0.05) is 218 Å². The van der Waals surface area contributed by atoms with Crippen LogP contribution >= 0.6 is 0 Å². The third-order valence-electron chi connectivity index (χ3n) is 14.7. The molecule has 0 amide bonds. The third kappa shape index (κ3) is 6.99. The van der Waals surface area contributed by atoms with Crippen LogP contribution in [0.4, 0.5) is 0 Å². The topological polar surface area (TPSA) is 69.4 Å². The summed E-state index contributed by atoms with van der Waals surface area (Å²) in [6.07, 6.45) is 1.81. The van der Waals surface area contributed by atoms with Gasteiger partial charge in [0, 0.05) is 28.6 Å². The lowest BCUT2D eigenvalue weighted by Gasteiger charge is -2.33. The number of imidazole rings is 1. The van der Waals surface area contributed by atoms with Crippen LogP contribution in [0.25, 0.3) is 107 Å². The predicted octanol–water partition coefficient (Wildman–Crippen LogP) is 16.1. The Balaban J connectivity index is 0.862. The molecule has 1 aliphatic carbocycles. The average molecular weight is 945 g/mol. The van der Waals surface area contributed by atoms with Crippen molar-refractivity contribution >= 4 is 21.8 Å². The molecule has 0 atom stereocenters. The van der Waals surface area contributed by atoms with Gasteiger partial charge in [0.25, 0.3) is 0 Å². The van der Waals surface area contributed by atoms with E-state index in [-0.39, 0.29) is 0 Å². The van der Waals surface area contributed by atoms with Crippen LogP contribution in [-0.2, 0) is 5.41 Å². The second-order valence-electron chi connectivity index (χ2n) is 18.7. The molecular formula is C68H44N6. The Labute approximate surface area is 428 Å². The first-order valence-electron chi connectivity index (χ1n) is 25.0. The monoisotopic (exact) mass is 944 g/mol. The summed E-state index contributed by atoms with van der Waals surface area (Å²) < 4.78 is 2.19. The van der Waals surface area contributed by atoms with Crippen LogP contribution < -0.4 is 0 Å². The molecule has 6 nitrogen and oxygen atoms in total. The molecule has 74 heavy (non-hydrogen) atoms. The SMILES string of the molecule is c1ccc(-c2nc(-c3cccc4c3-c3ccccc3C4(c3ccccc3)c3ccccc3)nc(-c3ccc(-c4ccc(-c5ccc(-n6c(-c7ccccn7)nc7ccccc76)cc5)cc4)c4ccccc34)n2)cc1. The third-order valence-corrected chi connectivity index (χ3v) is 14.7. The molecule has 0 radical (unpaired) electrons. The first-order chi connectivity index (χ1) is 36.7. The summed E-state index contributed by atoms with van der Waals surface area (Å²) >= 11 is 0. The zero-order valence-electron chi connectivity index (χ0n) is 40.1. The van der Waals surface area contributed by atoms with Gasteiger partial charge >= 0.3 is 0 Å². The van der Waals surface area contributed by atoms with Crippen LogP contribution in [0.15, 0.2) is 267 Å². The Morgan fingerprint density at radius 3 is 1.58 bits per heavy atom. The Hall–Kier alpha value is -9.91. The van der Waals surface area contributed by atoms with Crippen molar-refractivity contribution in [3.8, 4) is 84.7 Å². The molecule has 346 valence electrons. The molecule has 0 saturated heterocycles. The van der Waals surface area contributed by atoms with Crippen molar-refractivity contribution in [1.82, 2.24) is 29.5 Å². The summed E-state index contributed by atoms with van der Waals surface area (Å²) in [6, 6.07) is 92.2. The fourth-order valence-corrected chi connectivity index (χ4v) is 11.4. The molecule has 0 unspecified atom stereocenters. The largest absolute Gasteiger partial charge is 0.291 e. The van der Waals surface area contributed by atoms with Crippen LogP contribution in [0, 0.1) is 0 Å². The van der Waals surface area contributed by atoms with Gasteiger partial charge in [0.2, 0.25) is 0 Å². The first-order valence-corrected chi connectivity index (χ1v) is 25.0. The van der Waals surface area contributed by atoms with Crippen molar-refractivity contribution in [2.24, 2.45) is 0 Å². The number of nitrogens with zero attached hydrogens (tertiary/aromatic N) is 6. The van der Waals surface area contributed by atoms with Crippen molar-refractivity contribution in [3.63, 3.8) is 0 Å². The van der Waals surface area contributed by atoms with Crippen molar-refractivity contribution < 1.29 is 0 Å². The summed E-state index contributed by atoms with van der Waals surface area (Å²) in [7, 11) is 0. The molecule has 13 aromatic rings. The van der Waals surface area contributed by atoms with E-state index in [1.54, 1.807) is 0 Å². The van der Waals surface area contributed by atoms with Crippen molar-refractivity contribution in [3.05, 3.63) is 289 Å². The summed E-state index contributed by atoms with van der Waals surface area (Å²) in [5.74, 6) is 2.68. The minimum atomic E-state index is -0.556. The maximum Gasteiger partial charge on any atom is 0.164 e. The molecule has 3 heterocycles. The Morgan fingerprint density at radius 2 is 0.865 bits per heavy atom. The van der Waals surface area contributed by atoms with Gasteiger partial charge in [-0.2, -0.15) is 0 Å². The smallest absolute Gasteiger partial charge is 0.164 e. The Bertz CT molecular complexity index is 4170. The molecule has 14 rings (SSSR count). The van der Waals surface area contributed by atoms with Crippen LogP contribution in [0.3, 0.4) is 0 Å². The van der Waals surface area contributed by atoms with Gasteiger partial charge in [0.15, 0.2) is 23.3 Å². The summed E-state index contributed by atoms with van der Waals surface area (Å²) in [6.45, 7) is 0. The molecule has 0 N–H and O–H groups in total. The van der Waals surface area contributed by atoms with E-state index in [4.69, 9.17) is 19.9 Å². The number of aromatic nitrogens is 6. The number of fused-ring (bicyclic) bond motifs is 5. The van der Waals surface area contributed by atoms with Crippen molar-refractivity contribution in [2.45, 2.75) is 5.41 Å². The molecule has 6 heteroatoms. The van der Waals surface area contributed by atoms with E-state index >= 15 is 0 Å². The minimum absolute atomic E-state index is 0.556. The first kappa shape index (κ1) is 42.9.